The largest absolute Gasteiger partial charge is 0.497 e. The molecule has 0 unspecified atom stereocenters. The second-order valence-corrected chi connectivity index (χ2v) is 10.1. The number of anilines is 1. The van der Waals surface area contributed by atoms with Crippen LogP contribution in [0.15, 0.2) is 36.4 Å². The van der Waals surface area contributed by atoms with Gasteiger partial charge in [-0.15, -0.1) is 0 Å². The molecule has 1 atom stereocenters. The first-order chi connectivity index (χ1) is 15.9. The Kier molecular flexibility index (Phi) is 9.43. The summed E-state index contributed by atoms with van der Waals surface area (Å²) in [7, 11) is 0.342. The summed E-state index contributed by atoms with van der Waals surface area (Å²) in [4.78, 5) is 27.1. The molecule has 0 fully saturated rings. The number of rotatable bonds is 10. The van der Waals surface area contributed by atoms with Crippen LogP contribution in [-0.2, 0) is 26.2 Å². The van der Waals surface area contributed by atoms with Crippen molar-refractivity contribution in [1.29, 1.82) is 0 Å². The normalized spacial score (nSPS) is 12.0. The highest BCUT2D eigenvalue weighted by Gasteiger charge is 2.31. The number of benzene rings is 2. The number of hydrogen-bond donors (Lipinski definition) is 1. The van der Waals surface area contributed by atoms with Crippen LogP contribution in [-0.4, -0.2) is 65.2 Å². The van der Waals surface area contributed by atoms with Crippen LogP contribution in [0.1, 0.15) is 12.5 Å². The molecule has 0 radical (unpaired) electrons. The van der Waals surface area contributed by atoms with E-state index in [1.54, 1.807) is 31.2 Å². The maximum Gasteiger partial charge on any atom is 0.244 e. The van der Waals surface area contributed by atoms with Crippen LogP contribution in [0.3, 0.4) is 0 Å². The number of nitrogens with one attached hydrogen (secondary N) is 1. The molecule has 0 aliphatic rings. The van der Waals surface area contributed by atoms with E-state index in [1.807, 2.05) is 0 Å². The molecule has 0 spiro atoms. The number of hydrogen-bond acceptors (Lipinski definition) is 6. The van der Waals surface area contributed by atoms with Crippen molar-refractivity contribution in [3.05, 3.63) is 52.0 Å². The Morgan fingerprint density at radius 1 is 1.06 bits per heavy atom. The number of nitrogens with zero attached hydrogens (tertiary/aromatic N) is 2. The van der Waals surface area contributed by atoms with Gasteiger partial charge in [0.05, 0.1) is 36.2 Å². The van der Waals surface area contributed by atoms with Crippen molar-refractivity contribution in [2.24, 2.45) is 0 Å². The second kappa shape index (κ2) is 11.6. The number of sulfonamides is 1. The van der Waals surface area contributed by atoms with E-state index in [-0.39, 0.29) is 23.0 Å². The van der Waals surface area contributed by atoms with Crippen molar-refractivity contribution in [2.45, 2.75) is 19.5 Å². The van der Waals surface area contributed by atoms with Crippen LogP contribution in [0.2, 0.25) is 10.0 Å². The van der Waals surface area contributed by atoms with E-state index in [1.165, 1.54) is 38.3 Å². The van der Waals surface area contributed by atoms with Gasteiger partial charge in [-0.05, 0) is 36.8 Å². The molecule has 0 bridgehead atoms. The summed E-state index contributed by atoms with van der Waals surface area (Å²) in [5.74, 6) is -0.423. The number of ether oxygens (including phenoxy) is 2. The minimum Gasteiger partial charge on any atom is -0.497 e. The Morgan fingerprint density at radius 2 is 1.74 bits per heavy atom. The maximum absolute atomic E-state index is 13.5. The molecule has 1 N–H and O–H groups in total. The number of halogens is 2. The molecule has 0 saturated carbocycles. The van der Waals surface area contributed by atoms with E-state index in [0.717, 1.165) is 10.6 Å². The number of amides is 2. The zero-order valence-electron chi connectivity index (χ0n) is 19.5. The molecule has 0 aromatic heterocycles. The van der Waals surface area contributed by atoms with Crippen LogP contribution < -0.4 is 19.1 Å². The molecule has 2 rings (SSSR count). The Morgan fingerprint density at radius 3 is 2.26 bits per heavy atom. The number of likely N-dealkylation sites (N-methyl/N-ethyl adjacent to an activating group) is 1. The zero-order valence-corrected chi connectivity index (χ0v) is 21.8. The SMILES string of the molecule is CNC(=O)[C@@H](C)N(Cc1ccc(Cl)c(Cl)c1)C(=O)CN(c1cc(OC)ccc1OC)S(C)(=O)=O. The summed E-state index contributed by atoms with van der Waals surface area (Å²) in [6.45, 7) is 0.966. The zero-order chi connectivity index (χ0) is 25.6. The molecule has 9 nitrogen and oxygen atoms in total. The van der Waals surface area contributed by atoms with E-state index in [4.69, 9.17) is 32.7 Å². The first-order valence-corrected chi connectivity index (χ1v) is 12.7. The van der Waals surface area contributed by atoms with Crippen molar-refractivity contribution >= 4 is 50.7 Å². The molecule has 2 aromatic rings. The van der Waals surface area contributed by atoms with Gasteiger partial charge < -0.3 is 19.7 Å². The van der Waals surface area contributed by atoms with Gasteiger partial charge in [0.15, 0.2) is 0 Å². The van der Waals surface area contributed by atoms with Gasteiger partial charge in [0, 0.05) is 19.7 Å². The highest BCUT2D eigenvalue weighted by molar-refractivity contribution is 7.92. The van der Waals surface area contributed by atoms with Crippen molar-refractivity contribution < 1.29 is 27.5 Å². The number of methoxy groups -OCH3 is 2. The minimum absolute atomic E-state index is 0.00282. The van der Waals surface area contributed by atoms with Gasteiger partial charge in [0.1, 0.15) is 24.1 Å². The summed E-state index contributed by atoms with van der Waals surface area (Å²) in [5, 5.41) is 3.14. The fourth-order valence-electron chi connectivity index (χ4n) is 3.21. The lowest BCUT2D eigenvalue weighted by Gasteiger charge is -2.31. The van der Waals surface area contributed by atoms with Crippen LogP contribution in [0.25, 0.3) is 0 Å². The maximum atomic E-state index is 13.5. The predicted molar refractivity (Wildman–Crippen MR) is 132 cm³/mol. The van der Waals surface area contributed by atoms with Gasteiger partial charge in [0.25, 0.3) is 0 Å². The number of carbonyl (C=O) groups excluding carboxylic acids is 2. The minimum atomic E-state index is -3.93. The van der Waals surface area contributed by atoms with Gasteiger partial charge in [-0.25, -0.2) is 8.42 Å². The Bertz CT molecular complexity index is 1160. The topological polar surface area (TPSA) is 105 Å². The number of carbonyl (C=O) groups is 2. The fraction of sp³-hybridized carbons (Fsp3) is 0.364. The summed E-state index contributed by atoms with van der Waals surface area (Å²) < 4.78 is 36.8. The van der Waals surface area contributed by atoms with Crippen LogP contribution in [0.5, 0.6) is 11.5 Å². The van der Waals surface area contributed by atoms with E-state index in [2.05, 4.69) is 5.32 Å². The highest BCUT2D eigenvalue weighted by atomic mass is 35.5. The lowest BCUT2D eigenvalue weighted by molar-refractivity contribution is -0.139. The molecule has 12 heteroatoms. The van der Waals surface area contributed by atoms with E-state index in [0.29, 0.717) is 16.3 Å². The van der Waals surface area contributed by atoms with Gasteiger partial charge >= 0.3 is 0 Å². The van der Waals surface area contributed by atoms with Crippen molar-refractivity contribution in [3.8, 4) is 11.5 Å². The second-order valence-electron chi connectivity index (χ2n) is 7.37. The fourth-order valence-corrected chi connectivity index (χ4v) is 4.38. The quantitative estimate of drug-likeness (QED) is 0.505. The van der Waals surface area contributed by atoms with Gasteiger partial charge in [-0.3, -0.25) is 13.9 Å². The van der Waals surface area contributed by atoms with Crippen molar-refractivity contribution in [1.82, 2.24) is 10.2 Å². The molecule has 186 valence electrons. The predicted octanol–water partition coefficient (Wildman–Crippen LogP) is 2.94. The molecular weight excluding hydrogens is 505 g/mol. The molecule has 0 aliphatic carbocycles. The molecule has 0 heterocycles. The molecule has 34 heavy (non-hydrogen) atoms. The highest BCUT2D eigenvalue weighted by Crippen LogP contribution is 2.34. The average Bonchev–Trinajstić information content (AvgIpc) is 2.80. The third kappa shape index (κ3) is 6.68. The Labute approximate surface area is 209 Å². The smallest absolute Gasteiger partial charge is 0.244 e. The molecule has 2 aromatic carbocycles. The first kappa shape index (κ1) is 27.6. The van der Waals surface area contributed by atoms with Crippen LogP contribution in [0, 0.1) is 0 Å². The summed E-state index contributed by atoms with van der Waals surface area (Å²) in [6.07, 6.45) is 0.977. The van der Waals surface area contributed by atoms with E-state index < -0.39 is 34.4 Å². The van der Waals surface area contributed by atoms with E-state index in [9.17, 15) is 18.0 Å². The summed E-state index contributed by atoms with van der Waals surface area (Å²) in [5.41, 5.74) is 0.739. The standard InChI is InChI=1S/C22H27Cl2N3O6S/c1-14(22(29)25-2)26(12-15-6-8-17(23)18(24)10-15)21(28)13-27(34(5,30)31)19-11-16(32-3)7-9-20(19)33-4/h6-11,14H,12-13H2,1-5H3,(H,25,29)/t14-/m1/s1. The average molecular weight is 532 g/mol. The van der Waals surface area contributed by atoms with Gasteiger partial charge in [-0.1, -0.05) is 29.3 Å². The molecular formula is C22H27Cl2N3O6S. The summed E-state index contributed by atoms with van der Waals surface area (Å²) >= 11 is 12.1. The molecule has 2 amide bonds. The van der Waals surface area contributed by atoms with E-state index >= 15 is 0 Å². The first-order valence-electron chi connectivity index (χ1n) is 10.1. The third-order valence-electron chi connectivity index (χ3n) is 5.08. The van der Waals surface area contributed by atoms with Crippen molar-refractivity contribution in [3.63, 3.8) is 0 Å². The van der Waals surface area contributed by atoms with Crippen LogP contribution >= 0.6 is 23.2 Å². The third-order valence-corrected chi connectivity index (χ3v) is 6.95. The van der Waals surface area contributed by atoms with Gasteiger partial charge in [-0.2, -0.15) is 0 Å². The van der Waals surface area contributed by atoms with Crippen LogP contribution in [0.4, 0.5) is 5.69 Å². The Balaban J connectivity index is 2.49. The van der Waals surface area contributed by atoms with Crippen molar-refractivity contribution in [2.75, 3.05) is 38.4 Å². The molecule has 0 saturated heterocycles. The lowest BCUT2D eigenvalue weighted by Crippen LogP contribution is -2.50. The van der Waals surface area contributed by atoms with Gasteiger partial charge in [0.2, 0.25) is 21.8 Å². The Hall–Kier alpha value is -2.69. The molecule has 0 aliphatic heterocycles. The lowest BCUT2D eigenvalue weighted by atomic mass is 10.1. The monoisotopic (exact) mass is 531 g/mol. The summed E-state index contributed by atoms with van der Waals surface area (Å²) in [6, 6.07) is 8.53.